The van der Waals surface area contributed by atoms with Gasteiger partial charge in [-0.3, -0.25) is 9.67 Å². The standard InChI is InChI=1S/C21H30N4O/c1-25-16-18(15-24-25)14-22-12-9-20(19-6-2-5-11-23-19)10-13-26-21(17-20)7-3-4-8-21/h2,5-6,11,15-16,22H,3-4,7-10,12-14,17H2,1H3/t20-/m1/s1. The second-order valence-electron chi connectivity index (χ2n) is 8.11. The molecular weight excluding hydrogens is 324 g/mol. The third-order valence-corrected chi connectivity index (χ3v) is 6.24. The Labute approximate surface area is 156 Å². The van der Waals surface area contributed by atoms with Gasteiger partial charge in [0.05, 0.1) is 11.8 Å². The smallest absolute Gasteiger partial charge is 0.0691 e. The highest BCUT2D eigenvalue weighted by Crippen LogP contribution is 2.49. The predicted octanol–water partition coefficient (Wildman–Crippen LogP) is 3.36. The van der Waals surface area contributed by atoms with Gasteiger partial charge in [-0.15, -0.1) is 0 Å². The molecule has 1 atom stereocenters. The number of nitrogens with zero attached hydrogens (tertiary/aromatic N) is 3. The van der Waals surface area contributed by atoms with Gasteiger partial charge < -0.3 is 10.1 Å². The van der Waals surface area contributed by atoms with Crippen LogP contribution in [-0.4, -0.2) is 33.5 Å². The summed E-state index contributed by atoms with van der Waals surface area (Å²) in [7, 11) is 1.96. The number of aryl methyl sites for hydroxylation is 1. The molecule has 2 aromatic heterocycles. The molecule has 1 aliphatic carbocycles. The molecule has 140 valence electrons. The lowest BCUT2D eigenvalue weighted by molar-refractivity contribution is -0.104. The summed E-state index contributed by atoms with van der Waals surface area (Å²) in [6, 6.07) is 6.36. The SMILES string of the molecule is Cn1cc(CNCC[C@@]2(c3ccccn3)CCOC3(CCCC3)C2)cn1. The molecule has 1 aliphatic heterocycles. The highest BCUT2D eigenvalue weighted by atomic mass is 16.5. The number of ether oxygens (including phenoxy) is 1. The van der Waals surface area contributed by atoms with Gasteiger partial charge in [-0.05, 0) is 50.8 Å². The lowest BCUT2D eigenvalue weighted by Gasteiger charge is -2.46. The van der Waals surface area contributed by atoms with Crippen molar-refractivity contribution in [2.45, 2.75) is 62.5 Å². The summed E-state index contributed by atoms with van der Waals surface area (Å²) in [6.07, 6.45) is 14.3. The van der Waals surface area contributed by atoms with E-state index in [2.05, 4.69) is 28.7 Å². The maximum absolute atomic E-state index is 6.32. The molecule has 5 heteroatoms. The average molecular weight is 354 g/mol. The molecule has 1 spiro atoms. The third kappa shape index (κ3) is 3.69. The van der Waals surface area contributed by atoms with Crippen LogP contribution < -0.4 is 5.32 Å². The Morgan fingerprint density at radius 3 is 2.85 bits per heavy atom. The number of rotatable bonds is 6. The summed E-state index contributed by atoms with van der Waals surface area (Å²) in [5.41, 5.74) is 2.71. The van der Waals surface area contributed by atoms with E-state index < -0.39 is 0 Å². The van der Waals surface area contributed by atoms with Crippen LogP contribution in [0.25, 0.3) is 0 Å². The lowest BCUT2D eigenvalue weighted by atomic mass is 9.68. The van der Waals surface area contributed by atoms with Crippen molar-refractivity contribution in [3.05, 3.63) is 48.0 Å². The van der Waals surface area contributed by atoms with Crippen LogP contribution in [0.5, 0.6) is 0 Å². The van der Waals surface area contributed by atoms with E-state index in [-0.39, 0.29) is 11.0 Å². The fraction of sp³-hybridized carbons (Fsp3) is 0.619. The number of nitrogens with one attached hydrogen (secondary N) is 1. The zero-order valence-electron chi connectivity index (χ0n) is 15.8. The summed E-state index contributed by atoms with van der Waals surface area (Å²) in [5.74, 6) is 0. The Kier molecular flexibility index (Phi) is 5.09. The lowest BCUT2D eigenvalue weighted by Crippen LogP contribution is -2.47. The Balaban J connectivity index is 1.46. The van der Waals surface area contributed by atoms with E-state index in [4.69, 9.17) is 9.72 Å². The van der Waals surface area contributed by atoms with E-state index in [9.17, 15) is 0 Å². The highest BCUT2D eigenvalue weighted by Gasteiger charge is 2.48. The van der Waals surface area contributed by atoms with Crippen molar-refractivity contribution < 1.29 is 4.74 Å². The topological polar surface area (TPSA) is 52.0 Å². The van der Waals surface area contributed by atoms with Crippen molar-refractivity contribution >= 4 is 0 Å². The third-order valence-electron chi connectivity index (χ3n) is 6.24. The first-order valence-electron chi connectivity index (χ1n) is 9.94. The second-order valence-corrected chi connectivity index (χ2v) is 8.11. The molecule has 1 saturated carbocycles. The Morgan fingerprint density at radius 1 is 1.23 bits per heavy atom. The predicted molar refractivity (Wildman–Crippen MR) is 102 cm³/mol. The highest BCUT2D eigenvalue weighted by molar-refractivity contribution is 5.20. The fourth-order valence-corrected chi connectivity index (χ4v) is 4.92. The van der Waals surface area contributed by atoms with Gasteiger partial charge in [-0.2, -0.15) is 5.10 Å². The first-order valence-corrected chi connectivity index (χ1v) is 9.94. The largest absolute Gasteiger partial charge is 0.375 e. The van der Waals surface area contributed by atoms with Crippen LogP contribution in [-0.2, 0) is 23.7 Å². The van der Waals surface area contributed by atoms with E-state index in [0.29, 0.717) is 0 Å². The van der Waals surface area contributed by atoms with Gasteiger partial charge in [0.1, 0.15) is 0 Å². The zero-order valence-corrected chi connectivity index (χ0v) is 15.8. The molecule has 5 nitrogen and oxygen atoms in total. The Hall–Kier alpha value is -1.72. The fourth-order valence-electron chi connectivity index (χ4n) is 4.92. The monoisotopic (exact) mass is 354 g/mol. The van der Waals surface area contributed by atoms with Crippen molar-refractivity contribution in [3.63, 3.8) is 0 Å². The molecule has 0 aromatic carbocycles. The second kappa shape index (κ2) is 7.49. The number of hydrogen-bond donors (Lipinski definition) is 1. The van der Waals surface area contributed by atoms with Crippen molar-refractivity contribution in [2.75, 3.05) is 13.2 Å². The summed E-state index contributed by atoms with van der Waals surface area (Å²) < 4.78 is 8.18. The number of pyridine rings is 1. The van der Waals surface area contributed by atoms with Gasteiger partial charge >= 0.3 is 0 Å². The van der Waals surface area contributed by atoms with Crippen LogP contribution in [0, 0.1) is 0 Å². The maximum Gasteiger partial charge on any atom is 0.0691 e. The molecule has 0 unspecified atom stereocenters. The average Bonchev–Trinajstić information content (AvgIpc) is 3.29. The molecule has 1 saturated heterocycles. The first kappa shape index (κ1) is 17.7. The van der Waals surface area contributed by atoms with Crippen LogP contribution in [0.2, 0.25) is 0 Å². The molecule has 0 radical (unpaired) electrons. The van der Waals surface area contributed by atoms with Crippen molar-refractivity contribution in [1.29, 1.82) is 0 Å². The molecule has 4 rings (SSSR count). The molecule has 2 fully saturated rings. The normalized spacial score (nSPS) is 25.0. The van der Waals surface area contributed by atoms with Gasteiger partial charge in [0, 0.05) is 49.3 Å². The first-order chi connectivity index (χ1) is 12.7. The van der Waals surface area contributed by atoms with E-state index in [0.717, 1.165) is 39.0 Å². The van der Waals surface area contributed by atoms with Crippen LogP contribution in [0.1, 0.15) is 56.2 Å². The quantitative estimate of drug-likeness (QED) is 0.808. The minimum atomic E-state index is 0.0964. The molecule has 0 amide bonds. The molecule has 0 bridgehead atoms. The Morgan fingerprint density at radius 2 is 2.12 bits per heavy atom. The Bertz CT molecular complexity index is 708. The zero-order chi connectivity index (χ0) is 17.9. The van der Waals surface area contributed by atoms with E-state index in [1.807, 2.05) is 30.2 Å². The van der Waals surface area contributed by atoms with E-state index >= 15 is 0 Å². The van der Waals surface area contributed by atoms with E-state index in [1.165, 1.54) is 36.9 Å². The molecule has 26 heavy (non-hydrogen) atoms. The minimum Gasteiger partial charge on any atom is -0.375 e. The summed E-state index contributed by atoms with van der Waals surface area (Å²) in [4.78, 5) is 4.77. The van der Waals surface area contributed by atoms with Crippen LogP contribution in [0.4, 0.5) is 0 Å². The molecular formula is C21H30N4O. The van der Waals surface area contributed by atoms with Gasteiger partial charge in [-0.1, -0.05) is 18.9 Å². The van der Waals surface area contributed by atoms with Crippen LogP contribution in [0.15, 0.2) is 36.8 Å². The summed E-state index contributed by atoms with van der Waals surface area (Å²) in [6.45, 7) is 2.72. The molecule has 2 aliphatic rings. The van der Waals surface area contributed by atoms with Gasteiger partial charge in [-0.25, -0.2) is 0 Å². The number of aromatic nitrogens is 3. The maximum atomic E-state index is 6.32. The number of hydrogen-bond acceptors (Lipinski definition) is 4. The van der Waals surface area contributed by atoms with Crippen LogP contribution in [0.3, 0.4) is 0 Å². The molecule has 3 heterocycles. The van der Waals surface area contributed by atoms with Gasteiger partial charge in [0.25, 0.3) is 0 Å². The molecule has 1 N–H and O–H groups in total. The summed E-state index contributed by atoms with van der Waals surface area (Å²) >= 11 is 0. The van der Waals surface area contributed by atoms with Crippen molar-refractivity contribution in [1.82, 2.24) is 20.1 Å². The van der Waals surface area contributed by atoms with Crippen molar-refractivity contribution in [3.8, 4) is 0 Å². The summed E-state index contributed by atoms with van der Waals surface area (Å²) in [5, 5.41) is 7.86. The minimum absolute atomic E-state index is 0.0964. The van der Waals surface area contributed by atoms with E-state index in [1.54, 1.807) is 0 Å². The van der Waals surface area contributed by atoms with Gasteiger partial charge in [0.15, 0.2) is 0 Å². The van der Waals surface area contributed by atoms with Crippen LogP contribution >= 0.6 is 0 Å². The van der Waals surface area contributed by atoms with Crippen molar-refractivity contribution in [2.24, 2.45) is 7.05 Å². The molecule has 2 aromatic rings. The van der Waals surface area contributed by atoms with Gasteiger partial charge in [0.2, 0.25) is 0 Å².